The smallest absolute Gasteiger partial charge is 0.229 e. The van der Waals surface area contributed by atoms with E-state index in [9.17, 15) is 8.42 Å². The molecule has 7 nitrogen and oxygen atoms in total. The number of hydrogen-bond donors (Lipinski definition) is 1. The van der Waals surface area contributed by atoms with Crippen LogP contribution in [0.2, 0.25) is 0 Å². The van der Waals surface area contributed by atoms with Crippen molar-refractivity contribution in [2.75, 3.05) is 30.6 Å². The highest BCUT2D eigenvalue weighted by Gasteiger charge is 2.25. The van der Waals surface area contributed by atoms with Crippen molar-refractivity contribution in [1.82, 2.24) is 15.0 Å². The van der Waals surface area contributed by atoms with Crippen molar-refractivity contribution in [3.8, 4) is 0 Å². The molecule has 0 spiro atoms. The first-order chi connectivity index (χ1) is 15.9. The number of nitrogens with zero attached hydrogens (tertiary/aromatic N) is 3. The lowest BCUT2D eigenvalue weighted by Crippen LogP contribution is -2.34. The van der Waals surface area contributed by atoms with Crippen LogP contribution in [0, 0.1) is 0 Å². The molecule has 1 aromatic heterocycles. The summed E-state index contributed by atoms with van der Waals surface area (Å²) >= 11 is 0. The molecular weight excluding hydrogens is 436 g/mol. The fourth-order valence-electron chi connectivity index (χ4n) is 4.32. The Morgan fingerprint density at radius 3 is 2.45 bits per heavy atom. The van der Waals surface area contributed by atoms with Gasteiger partial charge in [0.15, 0.2) is 5.82 Å². The molecule has 1 aliphatic heterocycles. The van der Waals surface area contributed by atoms with Crippen molar-refractivity contribution in [2.45, 2.75) is 44.4 Å². The first-order valence-corrected chi connectivity index (χ1v) is 13.4. The van der Waals surface area contributed by atoms with Gasteiger partial charge in [0.2, 0.25) is 15.9 Å². The summed E-state index contributed by atoms with van der Waals surface area (Å²) in [5.74, 6) is 2.28. The second-order valence-electron chi connectivity index (χ2n) is 9.01. The average Bonchev–Trinajstić information content (AvgIpc) is 3.27. The molecule has 0 bridgehead atoms. The van der Waals surface area contributed by atoms with Crippen molar-refractivity contribution >= 4 is 15.7 Å². The summed E-state index contributed by atoms with van der Waals surface area (Å²) in [6.07, 6.45) is 4.93. The number of anilines is 1. The molecule has 2 heterocycles. The normalized spacial score (nSPS) is 16.5. The molecule has 1 fully saturated rings. The highest BCUT2D eigenvalue weighted by Crippen LogP contribution is 2.28. The van der Waals surface area contributed by atoms with Gasteiger partial charge in [-0.25, -0.2) is 8.42 Å². The Morgan fingerprint density at radius 2 is 1.79 bits per heavy atom. The van der Waals surface area contributed by atoms with Crippen molar-refractivity contribution in [1.29, 1.82) is 0 Å². The second-order valence-corrected chi connectivity index (χ2v) is 10.8. The summed E-state index contributed by atoms with van der Waals surface area (Å²) in [7, 11) is -3.28. The minimum absolute atomic E-state index is 0.315. The van der Waals surface area contributed by atoms with Crippen molar-refractivity contribution in [3.05, 3.63) is 77.4 Å². The van der Waals surface area contributed by atoms with Crippen LogP contribution in [0.1, 0.15) is 60.9 Å². The number of aromatic nitrogens is 2. The molecule has 1 aliphatic rings. The number of piperidine rings is 1. The second kappa shape index (κ2) is 10.5. The molecule has 1 unspecified atom stereocenters. The molecule has 176 valence electrons. The van der Waals surface area contributed by atoms with E-state index in [1.807, 2.05) is 12.1 Å². The number of sulfonamides is 1. The molecule has 1 atom stereocenters. The Balaban J connectivity index is 1.24. The van der Waals surface area contributed by atoms with Gasteiger partial charge in [0.25, 0.3) is 0 Å². The van der Waals surface area contributed by atoms with Gasteiger partial charge in [0, 0.05) is 18.0 Å². The molecule has 0 radical (unpaired) electrons. The monoisotopic (exact) mass is 468 g/mol. The number of rotatable bonds is 9. The molecule has 1 N–H and O–H groups in total. The molecule has 8 heteroatoms. The van der Waals surface area contributed by atoms with Crippen molar-refractivity contribution in [2.24, 2.45) is 0 Å². The van der Waals surface area contributed by atoms with E-state index in [0.29, 0.717) is 29.8 Å². The van der Waals surface area contributed by atoms with E-state index >= 15 is 0 Å². The first-order valence-electron chi connectivity index (χ1n) is 11.5. The summed E-state index contributed by atoms with van der Waals surface area (Å²) in [6.45, 7) is 5.53. The molecule has 1 saturated heterocycles. The predicted octanol–water partition coefficient (Wildman–Crippen LogP) is 4.41. The fraction of sp³-hybridized carbons (Fsp3) is 0.440. The van der Waals surface area contributed by atoms with Gasteiger partial charge in [-0.15, -0.1) is 0 Å². The fourth-order valence-corrected chi connectivity index (χ4v) is 4.88. The molecule has 2 aromatic carbocycles. The largest absolute Gasteiger partial charge is 0.339 e. The number of likely N-dealkylation sites (tertiary alicyclic amines) is 1. The maximum atomic E-state index is 11.3. The van der Waals surface area contributed by atoms with Crippen LogP contribution in [-0.2, 0) is 16.4 Å². The van der Waals surface area contributed by atoms with Gasteiger partial charge in [0.05, 0.1) is 6.26 Å². The average molecular weight is 469 g/mol. The molecule has 0 amide bonds. The van der Waals surface area contributed by atoms with Crippen molar-refractivity contribution in [3.63, 3.8) is 0 Å². The SMILES string of the molecule is CC(CCN1CCC(c2nc(Cc3ccc(NS(C)(=O)=O)cc3)no2)CC1)c1ccccc1. The van der Waals surface area contributed by atoms with Gasteiger partial charge in [-0.1, -0.05) is 54.5 Å². The van der Waals surface area contributed by atoms with E-state index in [2.05, 4.69) is 57.0 Å². The standard InChI is InChI=1S/C25H32N4O3S/c1-19(21-6-4-3-5-7-21)12-15-29-16-13-22(14-17-29)25-26-24(27-32-25)18-20-8-10-23(11-9-20)28-33(2,30)31/h3-11,19,22,28H,12-18H2,1-2H3. The lowest BCUT2D eigenvalue weighted by atomic mass is 9.94. The molecular formula is C25H32N4O3S. The van der Waals surface area contributed by atoms with Crippen LogP contribution >= 0.6 is 0 Å². The Morgan fingerprint density at radius 1 is 1.09 bits per heavy atom. The van der Waals surface area contributed by atoms with E-state index in [0.717, 1.165) is 56.6 Å². The quantitative estimate of drug-likeness (QED) is 0.501. The summed E-state index contributed by atoms with van der Waals surface area (Å²) in [4.78, 5) is 7.18. The van der Waals surface area contributed by atoms with Gasteiger partial charge < -0.3 is 9.42 Å². The minimum atomic E-state index is -3.28. The highest BCUT2D eigenvalue weighted by molar-refractivity contribution is 7.92. The summed E-state index contributed by atoms with van der Waals surface area (Å²) in [5, 5.41) is 4.17. The van der Waals surface area contributed by atoms with E-state index in [-0.39, 0.29) is 0 Å². The van der Waals surface area contributed by atoms with Crippen LogP contribution in [0.4, 0.5) is 5.69 Å². The summed E-state index contributed by atoms with van der Waals surface area (Å²) < 4.78 is 30.7. The predicted molar refractivity (Wildman–Crippen MR) is 130 cm³/mol. The zero-order chi connectivity index (χ0) is 23.3. The van der Waals surface area contributed by atoms with E-state index < -0.39 is 10.0 Å². The maximum Gasteiger partial charge on any atom is 0.229 e. The van der Waals surface area contributed by atoms with Crippen LogP contribution in [-0.4, -0.2) is 49.3 Å². The minimum Gasteiger partial charge on any atom is -0.339 e. The summed E-state index contributed by atoms with van der Waals surface area (Å²) in [5.41, 5.74) is 2.95. The lowest BCUT2D eigenvalue weighted by molar-refractivity contribution is 0.189. The third-order valence-electron chi connectivity index (χ3n) is 6.29. The van der Waals surface area contributed by atoms with Crippen LogP contribution in [0.3, 0.4) is 0 Å². The zero-order valence-electron chi connectivity index (χ0n) is 19.3. The number of hydrogen-bond acceptors (Lipinski definition) is 6. The maximum absolute atomic E-state index is 11.3. The van der Waals surface area contributed by atoms with Crippen LogP contribution < -0.4 is 4.72 Å². The van der Waals surface area contributed by atoms with Crippen LogP contribution in [0.15, 0.2) is 59.1 Å². The zero-order valence-corrected chi connectivity index (χ0v) is 20.1. The Bertz CT molecular complexity index is 1120. The lowest BCUT2D eigenvalue weighted by Gasteiger charge is -2.31. The number of nitrogens with one attached hydrogen (secondary N) is 1. The number of benzene rings is 2. The molecule has 33 heavy (non-hydrogen) atoms. The van der Waals surface area contributed by atoms with Crippen molar-refractivity contribution < 1.29 is 12.9 Å². The molecule has 0 aliphatic carbocycles. The third kappa shape index (κ3) is 6.88. The van der Waals surface area contributed by atoms with Gasteiger partial charge in [-0.3, -0.25) is 4.72 Å². The molecule has 0 saturated carbocycles. The molecule has 4 rings (SSSR count). The Kier molecular flexibility index (Phi) is 7.45. The van der Waals surface area contributed by atoms with Crippen LogP contribution in [0.5, 0.6) is 0 Å². The van der Waals surface area contributed by atoms with Gasteiger partial charge in [0.1, 0.15) is 0 Å². The summed E-state index contributed by atoms with van der Waals surface area (Å²) in [6, 6.07) is 18.0. The topological polar surface area (TPSA) is 88.3 Å². The molecule has 3 aromatic rings. The third-order valence-corrected chi connectivity index (χ3v) is 6.89. The Hall–Kier alpha value is -2.71. The van der Waals surface area contributed by atoms with Gasteiger partial charge >= 0.3 is 0 Å². The first kappa shape index (κ1) is 23.4. The van der Waals surface area contributed by atoms with Crippen LogP contribution in [0.25, 0.3) is 0 Å². The Labute approximate surface area is 196 Å². The van der Waals surface area contributed by atoms with E-state index in [1.54, 1.807) is 12.1 Å². The van der Waals surface area contributed by atoms with E-state index in [1.165, 1.54) is 5.56 Å². The van der Waals surface area contributed by atoms with E-state index in [4.69, 9.17) is 4.52 Å². The highest BCUT2D eigenvalue weighted by atomic mass is 32.2. The van der Waals surface area contributed by atoms with Gasteiger partial charge in [-0.05, 0) is 68.1 Å². The van der Waals surface area contributed by atoms with Gasteiger partial charge in [-0.2, -0.15) is 4.98 Å².